The van der Waals surface area contributed by atoms with E-state index in [2.05, 4.69) is 10.0 Å². The van der Waals surface area contributed by atoms with E-state index in [1.54, 1.807) is 36.4 Å². The molecule has 8 heteroatoms. The summed E-state index contributed by atoms with van der Waals surface area (Å²) in [4.78, 5) is 12.1. The summed E-state index contributed by atoms with van der Waals surface area (Å²) in [7, 11) is -3.91. The molecule has 3 rings (SSSR count). The molecular weight excluding hydrogens is 403 g/mol. The Morgan fingerprint density at radius 1 is 0.964 bits per heavy atom. The molecule has 1 amide bonds. The molecular formula is C20H16ClFN2O3S. The highest BCUT2D eigenvalue weighted by Crippen LogP contribution is 2.25. The number of carbonyl (C=O) groups excluding carboxylic acids is 1. The Bertz CT molecular complexity index is 1120. The van der Waals surface area contributed by atoms with Gasteiger partial charge >= 0.3 is 0 Å². The van der Waals surface area contributed by atoms with Gasteiger partial charge < -0.3 is 5.32 Å². The Labute approximate surface area is 167 Å². The summed E-state index contributed by atoms with van der Waals surface area (Å²) in [6.07, 6.45) is -0.165. The van der Waals surface area contributed by atoms with Gasteiger partial charge in [-0.3, -0.25) is 9.52 Å². The molecule has 0 spiro atoms. The summed E-state index contributed by atoms with van der Waals surface area (Å²) in [5.41, 5.74) is 0.783. The van der Waals surface area contributed by atoms with Gasteiger partial charge in [0.2, 0.25) is 5.91 Å². The van der Waals surface area contributed by atoms with Crippen molar-refractivity contribution >= 4 is 38.9 Å². The lowest BCUT2D eigenvalue weighted by Gasteiger charge is -2.11. The van der Waals surface area contributed by atoms with Gasteiger partial charge in [0.15, 0.2) is 0 Å². The average Bonchev–Trinajstić information content (AvgIpc) is 2.65. The zero-order valence-electron chi connectivity index (χ0n) is 14.5. The molecule has 0 bridgehead atoms. The van der Waals surface area contributed by atoms with Crippen LogP contribution in [0.3, 0.4) is 0 Å². The van der Waals surface area contributed by atoms with E-state index < -0.39 is 21.7 Å². The number of hydrogen-bond acceptors (Lipinski definition) is 3. The topological polar surface area (TPSA) is 75.3 Å². The summed E-state index contributed by atoms with van der Waals surface area (Å²) in [6.45, 7) is 0. The maximum atomic E-state index is 13.7. The van der Waals surface area contributed by atoms with Crippen molar-refractivity contribution in [2.45, 2.75) is 11.3 Å². The molecule has 0 heterocycles. The van der Waals surface area contributed by atoms with Crippen molar-refractivity contribution in [3.63, 3.8) is 0 Å². The molecule has 28 heavy (non-hydrogen) atoms. The van der Waals surface area contributed by atoms with Crippen LogP contribution in [0.2, 0.25) is 5.02 Å². The molecule has 0 atom stereocenters. The highest BCUT2D eigenvalue weighted by molar-refractivity contribution is 7.92. The highest BCUT2D eigenvalue weighted by Gasteiger charge is 2.17. The number of para-hydroxylation sites is 1. The number of carbonyl (C=O) groups is 1. The monoisotopic (exact) mass is 418 g/mol. The Hall–Kier alpha value is -2.90. The molecule has 0 aliphatic rings. The summed E-state index contributed by atoms with van der Waals surface area (Å²) in [5, 5.41) is 2.85. The number of sulfonamides is 1. The Kier molecular flexibility index (Phi) is 5.96. The van der Waals surface area contributed by atoms with Gasteiger partial charge in [-0.25, -0.2) is 12.8 Å². The van der Waals surface area contributed by atoms with E-state index >= 15 is 0 Å². The largest absolute Gasteiger partial charge is 0.326 e. The second-order valence-electron chi connectivity index (χ2n) is 5.93. The van der Waals surface area contributed by atoms with Crippen molar-refractivity contribution in [1.82, 2.24) is 0 Å². The molecule has 144 valence electrons. The zero-order chi connectivity index (χ0) is 20.1. The SMILES string of the molecule is O=C(Cc1ccccc1F)Nc1cccc(S(=O)(=O)Nc2ccccc2Cl)c1. The van der Waals surface area contributed by atoms with Crippen molar-refractivity contribution < 1.29 is 17.6 Å². The van der Waals surface area contributed by atoms with E-state index in [0.717, 1.165) is 0 Å². The van der Waals surface area contributed by atoms with Gasteiger partial charge in [0.1, 0.15) is 5.82 Å². The molecule has 0 saturated carbocycles. The minimum atomic E-state index is -3.91. The van der Waals surface area contributed by atoms with Gasteiger partial charge in [0.05, 0.1) is 22.0 Å². The molecule has 0 aromatic heterocycles. The lowest BCUT2D eigenvalue weighted by atomic mass is 10.1. The molecule has 3 aromatic rings. The molecule has 0 radical (unpaired) electrons. The van der Waals surface area contributed by atoms with E-state index in [1.807, 2.05) is 0 Å². The molecule has 2 N–H and O–H groups in total. The Balaban J connectivity index is 1.75. The molecule has 5 nitrogen and oxygen atoms in total. The van der Waals surface area contributed by atoms with Crippen LogP contribution in [0.25, 0.3) is 0 Å². The average molecular weight is 419 g/mol. The van der Waals surface area contributed by atoms with Crippen LogP contribution in [-0.2, 0) is 21.2 Å². The third kappa shape index (κ3) is 4.88. The third-order valence-electron chi connectivity index (χ3n) is 3.86. The molecule has 0 saturated heterocycles. The van der Waals surface area contributed by atoms with E-state index in [1.165, 1.54) is 36.4 Å². The maximum Gasteiger partial charge on any atom is 0.262 e. The Morgan fingerprint density at radius 2 is 1.68 bits per heavy atom. The van der Waals surface area contributed by atoms with Gasteiger partial charge in [-0.1, -0.05) is 48.0 Å². The van der Waals surface area contributed by atoms with E-state index in [9.17, 15) is 17.6 Å². The first-order chi connectivity index (χ1) is 13.3. The predicted octanol–water partition coefficient (Wildman–Crippen LogP) is 4.46. The molecule has 0 unspecified atom stereocenters. The van der Waals surface area contributed by atoms with Crippen LogP contribution in [0.15, 0.2) is 77.7 Å². The van der Waals surface area contributed by atoms with Crippen LogP contribution in [0.4, 0.5) is 15.8 Å². The van der Waals surface area contributed by atoms with Crippen LogP contribution in [0.5, 0.6) is 0 Å². The first-order valence-electron chi connectivity index (χ1n) is 8.26. The van der Waals surface area contributed by atoms with Crippen molar-refractivity contribution in [1.29, 1.82) is 0 Å². The second-order valence-corrected chi connectivity index (χ2v) is 8.02. The van der Waals surface area contributed by atoms with Crippen molar-refractivity contribution in [2.75, 3.05) is 10.0 Å². The first kappa shape index (κ1) is 19.9. The number of benzene rings is 3. The lowest BCUT2D eigenvalue weighted by Crippen LogP contribution is -2.17. The number of amides is 1. The van der Waals surface area contributed by atoms with Gasteiger partial charge in [-0.05, 0) is 42.0 Å². The minimum absolute atomic E-state index is 0.0453. The van der Waals surface area contributed by atoms with Crippen LogP contribution in [-0.4, -0.2) is 14.3 Å². The number of rotatable bonds is 6. The van der Waals surface area contributed by atoms with Crippen LogP contribution >= 0.6 is 11.6 Å². The van der Waals surface area contributed by atoms with Gasteiger partial charge in [0.25, 0.3) is 10.0 Å². The smallest absolute Gasteiger partial charge is 0.262 e. The number of hydrogen-bond donors (Lipinski definition) is 2. The third-order valence-corrected chi connectivity index (χ3v) is 5.55. The number of nitrogens with one attached hydrogen (secondary N) is 2. The first-order valence-corrected chi connectivity index (χ1v) is 10.1. The second kappa shape index (κ2) is 8.41. The Morgan fingerprint density at radius 3 is 2.43 bits per heavy atom. The lowest BCUT2D eigenvalue weighted by molar-refractivity contribution is -0.115. The number of anilines is 2. The molecule has 3 aromatic carbocycles. The van der Waals surface area contributed by atoms with Crippen molar-refractivity contribution in [3.8, 4) is 0 Å². The maximum absolute atomic E-state index is 13.7. The quantitative estimate of drug-likeness (QED) is 0.620. The standard InChI is InChI=1S/C20H16ClFN2O3S/c21-17-9-2-4-11-19(17)24-28(26,27)16-8-5-7-15(13-16)23-20(25)12-14-6-1-3-10-18(14)22/h1-11,13,24H,12H2,(H,23,25). The van der Waals surface area contributed by atoms with Crippen LogP contribution < -0.4 is 10.0 Å². The number of halogens is 2. The predicted molar refractivity (Wildman–Crippen MR) is 107 cm³/mol. The molecule has 0 aliphatic heterocycles. The van der Waals surface area contributed by atoms with E-state index in [-0.39, 0.29) is 33.3 Å². The summed E-state index contributed by atoms with van der Waals surface area (Å²) in [6, 6.07) is 18.2. The summed E-state index contributed by atoms with van der Waals surface area (Å²) < 4.78 is 41.3. The fourth-order valence-corrected chi connectivity index (χ4v) is 3.87. The summed E-state index contributed by atoms with van der Waals surface area (Å²) in [5.74, 6) is -0.934. The summed E-state index contributed by atoms with van der Waals surface area (Å²) >= 11 is 5.99. The molecule has 0 aliphatic carbocycles. The van der Waals surface area contributed by atoms with Crippen molar-refractivity contribution in [2.24, 2.45) is 0 Å². The van der Waals surface area contributed by atoms with Crippen LogP contribution in [0.1, 0.15) is 5.56 Å². The van der Waals surface area contributed by atoms with Crippen LogP contribution in [0, 0.1) is 5.82 Å². The van der Waals surface area contributed by atoms with Crippen molar-refractivity contribution in [3.05, 3.63) is 89.2 Å². The fraction of sp³-hybridized carbons (Fsp3) is 0.0500. The van der Waals surface area contributed by atoms with Gasteiger partial charge in [-0.2, -0.15) is 0 Å². The van der Waals surface area contributed by atoms with Gasteiger partial charge in [-0.15, -0.1) is 0 Å². The zero-order valence-corrected chi connectivity index (χ0v) is 16.1. The minimum Gasteiger partial charge on any atom is -0.326 e. The highest BCUT2D eigenvalue weighted by atomic mass is 35.5. The molecule has 0 fully saturated rings. The van der Waals surface area contributed by atoms with Gasteiger partial charge in [0, 0.05) is 5.69 Å². The normalized spacial score (nSPS) is 11.1. The van der Waals surface area contributed by atoms with E-state index in [4.69, 9.17) is 11.6 Å². The van der Waals surface area contributed by atoms with E-state index in [0.29, 0.717) is 0 Å². The fourth-order valence-electron chi connectivity index (χ4n) is 2.51.